The highest BCUT2D eigenvalue weighted by molar-refractivity contribution is 7.17. The number of rotatable bonds is 2. The van der Waals surface area contributed by atoms with Gasteiger partial charge < -0.3 is 5.32 Å². The number of nitrogens with one attached hydrogen (secondary N) is 1. The summed E-state index contributed by atoms with van der Waals surface area (Å²) in [6, 6.07) is 3.21. The summed E-state index contributed by atoms with van der Waals surface area (Å²) in [4.78, 5) is 30.1. The lowest BCUT2D eigenvalue weighted by Crippen LogP contribution is -2.27. The number of halogens is 2. The Morgan fingerprint density at radius 3 is 2.57 bits per heavy atom. The average Bonchev–Trinajstić information content (AvgIpc) is 2.79. The van der Waals surface area contributed by atoms with Gasteiger partial charge in [0.15, 0.2) is 4.96 Å². The molecular weight excluding hydrogens is 324 g/mol. The molecule has 0 saturated heterocycles. The topological polar surface area (TPSA) is 63.5 Å². The summed E-state index contributed by atoms with van der Waals surface area (Å²) >= 11 is 1.32. The second kappa shape index (κ2) is 5.54. The molecule has 2 heterocycles. The maximum absolute atomic E-state index is 13.6. The van der Waals surface area contributed by atoms with E-state index in [9.17, 15) is 18.4 Å². The number of fused-ring (bicyclic) bond motifs is 1. The van der Waals surface area contributed by atoms with E-state index in [4.69, 9.17) is 0 Å². The van der Waals surface area contributed by atoms with Crippen molar-refractivity contribution in [1.29, 1.82) is 0 Å². The van der Waals surface area contributed by atoms with Crippen molar-refractivity contribution in [3.63, 3.8) is 0 Å². The Balaban J connectivity index is 2.07. The van der Waals surface area contributed by atoms with Crippen LogP contribution in [0.5, 0.6) is 0 Å². The van der Waals surface area contributed by atoms with Crippen molar-refractivity contribution >= 4 is 27.9 Å². The van der Waals surface area contributed by atoms with Crippen molar-refractivity contribution in [2.24, 2.45) is 0 Å². The third-order valence-electron chi connectivity index (χ3n) is 3.46. The molecule has 0 unspecified atom stereocenters. The van der Waals surface area contributed by atoms with Gasteiger partial charge in [-0.1, -0.05) is 6.07 Å². The fraction of sp³-hybridized carbons (Fsp3) is 0.133. The van der Waals surface area contributed by atoms with Crippen molar-refractivity contribution in [2.75, 3.05) is 5.32 Å². The molecule has 23 heavy (non-hydrogen) atoms. The van der Waals surface area contributed by atoms with Gasteiger partial charge in [-0.05, 0) is 26.0 Å². The van der Waals surface area contributed by atoms with Gasteiger partial charge in [0.1, 0.15) is 22.9 Å². The summed E-state index contributed by atoms with van der Waals surface area (Å²) in [6.07, 6.45) is 1.11. The first-order chi connectivity index (χ1) is 10.9. The molecule has 0 saturated carbocycles. The van der Waals surface area contributed by atoms with E-state index in [1.807, 2.05) is 6.92 Å². The van der Waals surface area contributed by atoms with Crippen LogP contribution in [-0.4, -0.2) is 15.3 Å². The molecule has 8 heteroatoms. The first kappa shape index (κ1) is 15.3. The third kappa shape index (κ3) is 2.50. The predicted molar refractivity (Wildman–Crippen MR) is 83.1 cm³/mol. The Morgan fingerprint density at radius 2 is 1.91 bits per heavy atom. The normalized spacial score (nSPS) is 11.0. The number of benzene rings is 1. The number of para-hydroxylation sites is 1. The maximum atomic E-state index is 13.6. The highest BCUT2D eigenvalue weighted by atomic mass is 32.1. The van der Waals surface area contributed by atoms with Gasteiger partial charge in [-0.3, -0.25) is 14.0 Å². The van der Waals surface area contributed by atoms with Gasteiger partial charge in [0.2, 0.25) is 0 Å². The second-order valence-electron chi connectivity index (χ2n) is 4.89. The van der Waals surface area contributed by atoms with Gasteiger partial charge >= 0.3 is 0 Å². The minimum Gasteiger partial charge on any atom is -0.317 e. The summed E-state index contributed by atoms with van der Waals surface area (Å²) in [6.45, 7) is 3.57. The Labute approximate surface area is 133 Å². The quantitative estimate of drug-likeness (QED) is 0.783. The van der Waals surface area contributed by atoms with Crippen molar-refractivity contribution in [2.45, 2.75) is 13.8 Å². The molecule has 1 aromatic carbocycles. The summed E-state index contributed by atoms with van der Waals surface area (Å²) in [5.41, 5.74) is -0.786. The monoisotopic (exact) mass is 335 g/mol. The number of aromatic nitrogens is 2. The SMILES string of the molecule is Cc1sc2ncc(C(=O)Nc3c(F)cccc3F)c(=O)n2c1C. The number of hydrogen-bond acceptors (Lipinski definition) is 4. The van der Waals surface area contributed by atoms with Gasteiger partial charge in [0.05, 0.1) is 0 Å². The number of aryl methyl sites for hydroxylation is 2. The fourth-order valence-electron chi connectivity index (χ4n) is 2.13. The molecule has 0 bridgehead atoms. The molecule has 1 amide bonds. The third-order valence-corrected chi connectivity index (χ3v) is 4.54. The minimum absolute atomic E-state index is 0.286. The average molecular weight is 335 g/mol. The number of amides is 1. The van der Waals surface area contributed by atoms with E-state index in [0.29, 0.717) is 10.7 Å². The molecule has 0 fully saturated rings. The Hall–Kier alpha value is -2.61. The number of carbonyl (C=O) groups excluding carboxylic acids is 1. The summed E-state index contributed by atoms with van der Waals surface area (Å²) in [5, 5.41) is 2.09. The minimum atomic E-state index is -0.921. The molecule has 1 N–H and O–H groups in total. The molecule has 118 valence electrons. The molecular formula is C15H11F2N3O2S. The van der Waals surface area contributed by atoms with Gasteiger partial charge in [-0.15, -0.1) is 11.3 Å². The lowest BCUT2D eigenvalue weighted by Gasteiger charge is -2.07. The molecule has 2 aromatic heterocycles. The molecule has 3 rings (SSSR count). The molecule has 0 aliphatic heterocycles. The first-order valence-electron chi connectivity index (χ1n) is 6.63. The van der Waals surface area contributed by atoms with E-state index in [0.717, 1.165) is 23.2 Å². The highest BCUT2D eigenvalue weighted by Gasteiger charge is 2.19. The van der Waals surface area contributed by atoms with E-state index in [1.54, 1.807) is 6.92 Å². The van der Waals surface area contributed by atoms with Crippen molar-refractivity contribution < 1.29 is 13.6 Å². The molecule has 0 aliphatic carbocycles. The highest BCUT2D eigenvalue weighted by Crippen LogP contribution is 2.20. The van der Waals surface area contributed by atoms with Gasteiger partial charge in [0, 0.05) is 16.8 Å². The van der Waals surface area contributed by atoms with Gasteiger partial charge in [-0.2, -0.15) is 0 Å². The maximum Gasteiger partial charge on any atom is 0.271 e. The molecule has 0 atom stereocenters. The molecule has 0 radical (unpaired) electrons. The zero-order valence-electron chi connectivity index (χ0n) is 12.2. The van der Waals surface area contributed by atoms with Crippen LogP contribution in [-0.2, 0) is 0 Å². The summed E-state index contributed by atoms with van der Waals surface area (Å²) in [5.74, 6) is -2.76. The fourth-order valence-corrected chi connectivity index (χ4v) is 3.06. The van der Waals surface area contributed by atoms with Crippen LogP contribution in [0, 0.1) is 25.5 Å². The first-order valence-corrected chi connectivity index (χ1v) is 7.45. The zero-order chi connectivity index (χ0) is 16.7. The van der Waals surface area contributed by atoms with Crippen LogP contribution in [0.15, 0.2) is 29.2 Å². The number of hydrogen-bond donors (Lipinski definition) is 1. The van der Waals surface area contributed by atoms with Crippen molar-refractivity contribution in [3.05, 3.63) is 62.5 Å². The largest absolute Gasteiger partial charge is 0.317 e. The lowest BCUT2D eigenvalue weighted by molar-refractivity contribution is 0.102. The molecule has 5 nitrogen and oxygen atoms in total. The Kier molecular flexibility index (Phi) is 3.69. The number of nitrogens with zero attached hydrogens (tertiary/aromatic N) is 2. The number of thiazole rings is 1. The van der Waals surface area contributed by atoms with E-state index in [1.165, 1.54) is 21.8 Å². The van der Waals surface area contributed by atoms with Crippen LogP contribution in [0.1, 0.15) is 20.9 Å². The van der Waals surface area contributed by atoms with Gasteiger partial charge in [0.25, 0.3) is 11.5 Å². The standard InChI is InChI=1S/C15H11F2N3O2S/c1-7-8(2)23-15-18-6-9(14(22)20(7)15)13(21)19-12-10(16)4-3-5-11(12)17/h3-6H,1-2H3,(H,19,21). The van der Waals surface area contributed by atoms with Crippen molar-refractivity contribution in [1.82, 2.24) is 9.38 Å². The summed E-state index contributed by atoms with van der Waals surface area (Å²) in [7, 11) is 0. The van der Waals surface area contributed by atoms with E-state index in [2.05, 4.69) is 10.3 Å². The van der Waals surface area contributed by atoms with Crippen molar-refractivity contribution in [3.8, 4) is 0 Å². The Morgan fingerprint density at radius 1 is 1.26 bits per heavy atom. The predicted octanol–water partition coefficient (Wildman–Crippen LogP) is 2.90. The smallest absolute Gasteiger partial charge is 0.271 e. The zero-order valence-corrected chi connectivity index (χ0v) is 13.0. The van der Waals surface area contributed by atoms with E-state index >= 15 is 0 Å². The van der Waals surface area contributed by atoms with E-state index in [-0.39, 0.29) is 5.56 Å². The molecule has 0 aliphatic rings. The summed E-state index contributed by atoms with van der Waals surface area (Å²) < 4.78 is 28.5. The lowest BCUT2D eigenvalue weighted by atomic mass is 10.2. The second-order valence-corrected chi connectivity index (χ2v) is 6.07. The van der Waals surface area contributed by atoms with Crippen LogP contribution >= 0.6 is 11.3 Å². The van der Waals surface area contributed by atoms with Crippen LogP contribution in [0.25, 0.3) is 4.96 Å². The Bertz CT molecular complexity index is 974. The number of carbonyl (C=O) groups is 1. The van der Waals surface area contributed by atoms with Crippen LogP contribution < -0.4 is 10.9 Å². The molecule has 0 spiro atoms. The van der Waals surface area contributed by atoms with Crippen LogP contribution in [0.3, 0.4) is 0 Å². The van der Waals surface area contributed by atoms with Crippen LogP contribution in [0.2, 0.25) is 0 Å². The van der Waals surface area contributed by atoms with Gasteiger partial charge in [-0.25, -0.2) is 13.8 Å². The van der Waals surface area contributed by atoms with Crippen LogP contribution in [0.4, 0.5) is 14.5 Å². The number of anilines is 1. The molecule has 3 aromatic rings. The van der Waals surface area contributed by atoms with E-state index < -0.39 is 28.8 Å².